The van der Waals surface area contributed by atoms with E-state index in [1.165, 1.54) is 46.6 Å². The summed E-state index contributed by atoms with van der Waals surface area (Å²) in [5, 5.41) is 4.89. The molecule has 3 heterocycles. The van der Waals surface area contributed by atoms with Crippen molar-refractivity contribution < 1.29 is 0 Å². The van der Waals surface area contributed by atoms with Crippen LogP contribution in [0.5, 0.6) is 0 Å². The number of hydrogen-bond donors (Lipinski definition) is 0. The summed E-state index contributed by atoms with van der Waals surface area (Å²) in [4.78, 5) is 3.61. The molecule has 0 saturated carbocycles. The van der Waals surface area contributed by atoms with Crippen molar-refractivity contribution >= 4 is 54.2 Å². The molecule has 26 heavy (non-hydrogen) atoms. The van der Waals surface area contributed by atoms with Gasteiger partial charge in [-0.3, -0.25) is 0 Å². The number of rotatable bonds is 2. The summed E-state index contributed by atoms with van der Waals surface area (Å²) in [5.74, 6) is 2.85. The predicted molar refractivity (Wildman–Crippen MR) is 119 cm³/mol. The molecule has 0 atom stereocenters. The maximum absolute atomic E-state index is 5.77. The molecule has 0 bridgehead atoms. The van der Waals surface area contributed by atoms with Crippen LogP contribution < -0.4 is 0 Å². The Hall–Kier alpha value is -2.38. The van der Waals surface area contributed by atoms with E-state index in [1.807, 2.05) is 11.3 Å². The molecule has 0 aliphatic heterocycles. The highest BCUT2D eigenvalue weighted by molar-refractivity contribution is 7.20. The molecule has 5 rings (SSSR count). The lowest BCUT2D eigenvalue weighted by molar-refractivity contribution is 1.63. The van der Waals surface area contributed by atoms with Crippen LogP contribution in [0, 0.1) is 19.3 Å². The van der Waals surface area contributed by atoms with Crippen LogP contribution in [0.1, 0.15) is 9.75 Å². The van der Waals surface area contributed by atoms with Crippen molar-refractivity contribution in [2.75, 3.05) is 0 Å². The third kappa shape index (κ3) is 2.34. The molecule has 0 radical (unpaired) electrons. The van der Waals surface area contributed by atoms with Gasteiger partial charge >= 0.3 is 0 Å². The van der Waals surface area contributed by atoms with E-state index < -0.39 is 0 Å². The number of terminal acetylenes is 1. The highest BCUT2D eigenvalue weighted by Crippen LogP contribution is 2.48. The largest absolute Gasteiger partial charge is 0.143 e. The fraction of sp³-hybridized carbons (Fsp3) is 0.0435. The van der Waals surface area contributed by atoms with Gasteiger partial charge < -0.3 is 0 Å². The van der Waals surface area contributed by atoms with Gasteiger partial charge in [-0.05, 0) is 25.1 Å². The molecule has 3 aromatic heterocycles. The first kappa shape index (κ1) is 15.8. The van der Waals surface area contributed by atoms with E-state index in [1.54, 1.807) is 22.7 Å². The van der Waals surface area contributed by atoms with E-state index in [0.717, 1.165) is 4.88 Å². The molecule has 0 unspecified atom stereocenters. The smallest absolute Gasteiger partial charge is 0.0778 e. The molecule has 0 saturated heterocycles. The molecule has 5 aromatic rings. The van der Waals surface area contributed by atoms with Gasteiger partial charge in [0.2, 0.25) is 0 Å². The van der Waals surface area contributed by atoms with Gasteiger partial charge in [-0.15, -0.1) is 40.4 Å². The average molecular weight is 387 g/mol. The van der Waals surface area contributed by atoms with Crippen LogP contribution in [-0.4, -0.2) is 0 Å². The van der Waals surface area contributed by atoms with Crippen LogP contribution in [0.25, 0.3) is 41.7 Å². The lowest BCUT2D eigenvalue weighted by Gasteiger charge is -2.04. The van der Waals surface area contributed by atoms with Crippen LogP contribution in [0.15, 0.2) is 60.0 Å². The van der Waals surface area contributed by atoms with Gasteiger partial charge in [-0.25, -0.2) is 0 Å². The molecule has 0 nitrogen and oxygen atoms in total. The molecular weight excluding hydrogens is 372 g/mol. The van der Waals surface area contributed by atoms with E-state index in [9.17, 15) is 0 Å². The SMILES string of the molecule is C#Cc1cc(-c2c(C)sc3ccccc23)c(-c2csc3ccccc23)s1. The highest BCUT2D eigenvalue weighted by atomic mass is 32.1. The second kappa shape index (κ2) is 6.10. The summed E-state index contributed by atoms with van der Waals surface area (Å²) >= 11 is 5.38. The summed E-state index contributed by atoms with van der Waals surface area (Å²) in [5.41, 5.74) is 3.89. The summed E-state index contributed by atoms with van der Waals surface area (Å²) in [6, 6.07) is 19.4. The van der Waals surface area contributed by atoms with Gasteiger partial charge in [0.1, 0.15) is 0 Å². The molecule has 0 fully saturated rings. The van der Waals surface area contributed by atoms with Crippen molar-refractivity contribution in [3.8, 4) is 33.9 Å². The Morgan fingerprint density at radius 3 is 2.38 bits per heavy atom. The number of fused-ring (bicyclic) bond motifs is 2. The van der Waals surface area contributed by atoms with Gasteiger partial charge in [0.05, 0.1) is 4.88 Å². The Bertz CT molecular complexity index is 1300. The second-order valence-corrected chi connectivity index (χ2v) is 9.39. The van der Waals surface area contributed by atoms with Crippen molar-refractivity contribution in [3.63, 3.8) is 0 Å². The first-order chi connectivity index (χ1) is 12.8. The Kier molecular flexibility index (Phi) is 3.72. The van der Waals surface area contributed by atoms with Crippen LogP contribution in [-0.2, 0) is 0 Å². The zero-order valence-electron chi connectivity index (χ0n) is 14.1. The Morgan fingerprint density at radius 2 is 1.58 bits per heavy atom. The first-order valence-electron chi connectivity index (χ1n) is 8.32. The minimum atomic E-state index is 0.986. The van der Waals surface area contributed by atoms with Crippen molar-refractivity contribution in [2.45, 2.75) is 6.92 Å². The molecule has 0 amide bonds. The molecular formula is C23H14S3. The van der Waals surface area contributed by atoms with Crippen molar-refractivity contribution in [1.82, 2.24) is 0 Å². The van der Waals surface area contributed by atoms with E-state index in [2.05, 4.69) is 72.8 Å². The maximum atomic E-state index is 5.77. The van der Waals surface area contributed by atoms with Crippen LogP contribution in [0.4, 0.5) is 0 Å². The normalized spacial score (nSPS) is 11.2. The summed E-state index contributed by atoms with van der Waals surface area (Å²) in [6.07, 6.45) is 5.77. The Labute approximate surface area is 164 Å². The average Bonchev–Trinajstić information content (AvgIpc) is 3.34. The first-order valence-corrected chi connectivity index (χ1v) is 10.8. The molecule has 0 spiro atoms. The third-order valence-corrected chi connectivity index (χ3v) is 7.79. The van der Waals surface area contributed by atoms with Gasteiger partial charge in [0.15, 0.2) is 0 Å². The molecule has 0 aliphatic rings. The van der Waals surface area contributed by atoms with Crippen LogP contribution >= 0.6 is 34.0 Å². The van der Waals surface area contributed by atoms with Crippen molar-refractivity contribution in [3.05, 3.63) is 69.7 Å². The number of hydrogen-bond acceptors (Lipinski definition) is 3. The Morgan fingerprint density at radius 1 is 0.846 bits per heavy atom. The van der Waals surface area contributed by atoms with Gasteiger partial charge in [-0.1, -0.05) is 42.3 Å². The molecule has 0 aliphatic carbocycles. The topological polar surface area (TPSA) is 0 Å². The number of thiophene rings is 3. The monoisotopic (exact) mass is 386 g/mol. The lowest BCUT2D eigenvalue weighted by atomic mass is 9.99. The lowest BCUT2D eigenvalue weighted by Crippen LogP contribution is -1.79. The third-order valence-electron chi connectivity index (χ3n) is 4.64. The van der Waals surface area contributed by atoms with Gasteiger partial charge in [0.25, 0.3) is 0 Å². The highest BCUT2D eigenvalue weighted by Gasteiger charge is 2.20. The fourth-order valence-corrected chi connectivity index (χ4v) is 6.61. The quantitative estimate of drug-likeness (QED) is 0.271. The van der Waals surface area contributed by atoms with Crippen molar-refractivity contribution in [2.24, 2.45) is 0 Å². The summed E-state index contributed by atoms with van der Waals surface area (Å²) in [6.45, 7) is 2.21. The van der Waals surface area contributed by atoms with Gasteiger partial charge in [-0.2, -0.15) is 0 Å². The maximum Gasteiger partial charge on any atom is 0.0778 e. The van der Waals surface area contributed by atoms with Crippen LogP contribution in [0.2, 0.25) is 0 Å². The fourth-order valence-electron chi connectivity index (χ4n) is 3.50. The minimum Gasteiger partial charge on any atom is -0.143 e. The predicted octanol–water partition coefficient (Wildman–Crippen LogP) is 7.80. The Balaban J connectivity index is 1.85. The van der Waals surface area contributed by atoms with Crippen LogP contribution in [0.3, 0.4) is 0 Å². The minimum absolute atomic E-state index is 0.986. The zero-order valence-corrected chi connectivity index (χ0v) is 16.5. The van der Waals surface area contributed by atoms with E-state index in [4.69, 9.17) is 6.42 Å². The zero-order chi connectivity index (χ0) is 17.7. The second-order valence-electron chi connectivity index (χ2n) is 6.17. The van der Waals surface area contributed by atoms with Gasteiger partial charge in [0, 0.05) is 52.0 Å². The molecule has 2 aromatic carbocycles. The molecule has 124 valence electrons. The number of benzene rings is 2. The van der Waals surface area contributed by atoms with E-state index >= 15 is 0 Å². The number of aryl methyl sites for hydroxylation is 1. The van der Waals surface area contributed by atoms with E-state index in [0.29, 0.717) is 0 Å². The molecule has 0 N–H and O–H groups in total. The summed E-state index contributed by atoms with van der Waals surface area (Å²) in [7, 11) is 0. The standard InChI is InChI=1S/C23H14S3/c1-3-15-12-18(22-14(2)25-21-11-7-5-9-17(21)22)23(26-15)19-13-24-20-10-6-4-8-16(19)20/h1,4-13H,2H3. The molecule has 3 heteroatoms. The summed E-state index contributed by atoms with van der Waals surface area (Å²) < 4.78 is 2.64. The van der Waals surface area contributed by atoms with E-state index in [-0.39, 0.29) is 0 Å². The van der Waals surface area contributed by atoms with Crippen molar-refractivity contribution in [1.29, 1.82) is 0 Å².